The van der Waals surface area contributed by atoms with Gasteiger partial charge in [0.05, 0.1) is 11.7 Å². The normalized spacial score (nSPS) is 12.2. The van der Waals surface area contributed by atoms with Gasteiger partial charge < -0.3 is 5.32 Å². The summed E-state index contributed by atoms with van der Waals surface area (Å²) in [6, 6.07) is 9.47. The van der Waals surface area contributed by atoms with Crippen molar-refractivity contribution in [2.45, 2.75) is 32.9 Å². The lowest BCUT2D eigenvalue weighted by Crippen LogP contribution is -2.25. The zero-order valence-corrected chi connectivity index (χ0v) is 12.4. The van der Waals surface area contributed by atoms with E-state index in [2.05, 4.69) is 10.4 Å². The van der Waals surface area contributed by atoms with Crippen LogP contribution in [0.4, 0.5) is 0 Å². The van der Waals surface area contributed by atoms with E-state index in [1.807, 2.05) is 55.1 Å². The number of rotatable bonds is 5. The maximum absolute atomic E-state index is 11.9. The van der Waals surface area contributed by atoms with Crippen LogP contribution >= 0.6 is 11.6 Å². The van der Waals surface area contributed by atoms with Gasteiger partial charge in [0, 0.05) is 24.2 Å². The molecule has 1 amide bonds. The molecule has 106 valence electrons. The molecule has 2 aromatic rings. The van der Waals surface area contributed by atoms with Crippen LogP contribution in [0, 0.1) is 6.92 Å². The predicted octanol–water partition coefficient (Wildman–Crippen LogP) is 3.11. The number of carbonyl (C=O) groups excluding carboxylic acids is 1. The van der Waals surface area contributed by atoms with Gasteiger partial charge in [-0.3, -0.25) is 9.48 Å². The fraction of sp³-hybridized carbons (Fsp3) is 0.333. The van der Waals surface area contributed by atoms with Crippen LogP contribution < -0.4 is 5.32 Å². The molecule has 2 rings (SSSR count). The molecule has 0 saturated heterocycles. The number of hydrogen-bond donors (Lipinski definition) is 1. The van der Waals surface area contributed by atoms with Gasteiger partial charge in [0.25, 0.3) is 0 Å². The van der Waals surface area contributed by atoms with Gasteiger partial charge in [-0.05, 0) is 31.5 Å². The van der Waals surface area contributed by atoms with Crippen LogP contribution in [0.2, 0.25) is 5.02 Å². The quantitative estimate of drug-likeness (QED) is 0.920. The Labute approximate surface area is 123 Å². The first-order valence-electron chi connectivity index (χ1n) is 6.58. The molecule has 0 radical (unpaired) electrons. The lowest BCUT2D eigenvalue weighted by atomic mass is 10.2. The van der Waals surface area contributed by atoms with Crippen molar-refractivity contribution in [1.29, 1.82) is 0 Å². The molecule has 4 nitrogen and oxygen atoms in total. The zero-order chi connectivity index (χ0) is 14.5. The van der Waals surface area contributed by atoms with Crippen LogP contribution in [0.1, 0.15) is 30.6 Å². The lowest BCUT2D eigenvalue weighted by Gasteiger charge is -2.12. The van der Waals surface area contributed by atoms with Crippen LogP contribution in [0.15, 0.2) is 36.5 Å². The number of nitrogens with one attached hydrogen (secondary N) is 1. The SMILES string of the molecule is Cc1ccn(C(C)CC(=O)NCc2ccccc2Cl)n1. The number of halogens is 1. The molecule has 1 heterocycles. The Kier molecular flexibility index (Phi) is 4.79. The van der Waals surface area contributed by atoms with Crippen molar-refractivity contribution in [2.24, 2.45) is 0 Å². The first kappa shape index (κ1) is 14.6. The molecule has 0 saturated carbocycles. The molecule has 1 aromatic heterocycles. The third-order valence-electron chi connectivity index (χ3n) is 3.11. The van der Waals surface area contributed by atoms with E-state index in [9.17, 15) is 4.79 Å². The van der Waals surface area contributed by atoms with Crippen LogP contribution in [0.3, 0.4) is 0 Å². The molecule has 0 fully saturated rings. The highest BCUT2D eigenvalue weighted by Gasteiger charge is 2.11. The Balaban J connectivity index is 1.85. The van der Waals surface area contributed by atoms with E-state index >= 15 is 0 Å². The van der Waals surface area contributed by atoms with Gasteiger partial charge in [0.1, 0.15) is 0 Å². The Hall–Kier alpha value is -1.81. The summed E-state index contributed by atoms with van der Waals surface area (Å²) in [4.78, 5) is 11.9. The van der Waals surface area contributed by atoms with Gasteiger partial charge in [0.2, 0.25) is 5.91 Å². The summed E-state index contributed by atoms with van der Waals surface area (Å²) in [6.07, 6.45) is 2.28. The molecule has 1 unspecified atom stereocenters. The predicted molar refractivity (Wildman–Crippen MR) is 79.6 cm³/mol. The summed E-state index contributed by atoms with van der Waals surface area (Å²) in [7, 11) is 0. The van der Waals surface area contributed by atoms with Crippen molar-refractivity contribution >= 4 is 17.5 Å². The van der Waals surface area contributed by atoms with Gasteiger partial charge in [0.15, 0.2) is 0 Å². The maximum Gasteiger partial charge on any atom is 0.222 e. The average molecular weight is 292 g/mol. The van der Waals surface area contributed by atoms with Gasteiger partial charge in [-0.2, -0.15) is 5.10 Å². The number of nitrogens with zero attached hydrogens (tertiary/aromatic N) is 2. The van der Waals surface area contributed by atoms with Crippen molar-refractivity contribution in [3.8, 4) is 0 Å². The summed E-state index contributed by atoms with van der Waals surface area (Å²) < 4.78 is 1.81. The molecule has 0 spiro atoms. The minimum Gasteiger partial charge on any atom is -0.352 e. The second-order valence-electron chi connectivity index (χ2n) is 4.86. The molecular formula is C15H18ClN3O. The summed E-state index contributed by atoms with van der Waals surface area (Å²) >= 11 is 6.05. The number of benzene rings is 1. The maximum atomic E-state index is 11.9. The van der Waals surface area contributed by atoms with Crippen molar-refractivity contribution in [2.75, 3.05) is 0 Å². The Bertz CT molecular complexity index is 594. The second kappa shape index (κ2) is 6.57. The first-order chi connectivity index (χ1) is 9.56. The van der Waals surface area contributed by atoms with E-state index in [1.54, 1.807) is 0 Å². The van der Waals surface area contributed by atoms with Crippen LogP contribution in [-0.4, -0.2) is 15.7 Å². The zero-order valence-electron chi connectivity index (χ0n) is 11.6. The van der Waals surface area contributed by atoms with Gasteiger partial charge in [-0.1, -0.05) is 29.8 Å². The van der Waals surface area contributed by atoms with Gasteiger partial charge in [-0.25, -0.2) is 0 Å². The van der Waals surface area contributed by atoms with E-state index in [1.165, 1.54) is 0 Å². The Morgan fingerprint density at radius 2 is 2.15 bits per heavy atom. The number of aromatic nitrogens is 2. The molecule has 5 heteroatoms. The number of hydrogen-bond acceptors (Lipinski definition) is 2. The number of carbonyl (C=O) groups is 1. The minimum atomic E-state index is -0.00873. The molecule has 0 aliphatic rings. The van der Waals surface area contributed by atoms with Crippen molar-refractivity contribution in [3.05, 3.63) is 52.8 Å². The fourth-order valence-corrected chi connectivity index (χ4v) is 2.15. The molecule has 1 atom stereocenters. The highest BCUT2D eigenvalue weighted by atomic mass is 35.5. The highest BCUT2D eigenvalue weighted by Crippen LogP contribution is 2.15. The van der Waals surface area contributed by atoms with Gasteiger partial charge in [-0.15, -0.1) is 0 Å². The minimum absolute atomic E-state index is 0.00873. The van der Waals surface area contributed by atoms with Gasteiger partial charge >= 0.3 is 0 Å². The molecule has 0 aliphatic carbocycles. The van der Waals surface area contributed by atoms with Crippen LogP contribution in [0.25, 0.3) is 0 Å². The molecule has 1 N–H and O–H groups in total. The molecule has 1 aromatic carbocycles. The van der Waals surface area contributed by atoms with E-state index in [0.29, 0.717) is 18.0 Å². The summed E-state index contributed by atoms with van der Waals surface area (Å²) in [5, 5.41) is 7.86. The largest absolute Gasteiger partial charge is 0.352 e. The Morgan fingerprint density at radius 1 is 1.40 bits per heavy atom. The van der Waals surface area contributed by atoms with E-state index in [0.717, 1.165) is 11.3 Å². The number of amides is 1. The third-order valence-corrected chi connectivity index (χ3v) is 3.48. The first-order valence-corrected chi connectivity index (χ1v) is 6.96. The summed E-state index contributed by atoms with van der Waals surface area (Å²) in [5.41, 5.74) is 1.87. The highest BCUT2D eigenvalue weighted by molar-refractivity contribution is 6.31. The van der Waals surface area contributed by atoms with E-state index in [4.69, 9.17) is 11.6 Å². The second-order valence-corrected chi connectivity index (χ2v) is 5.27. The summed E-state index contributed by atoms with van der Waals surface area (Å²) in [6.45, 7) is 4.35. The van der Waals surface area contributed by atoms with Crippen molar-refractivity contribution in [1.82, 2.24) is 15.1 Å². The standard InChI is InChI=1S/C15H18ClN3O/c1-11-7-8-19(18-11)12(2)9-15(20)17-10-13-5-3-4-6-14(13)16/h3-8,12H,9-10H2,1-2H3,(H,17,20). The molecule has 20 heavy (non-hydrogen) atoms. The lowest BCUT2D eigenvalue weighted by molar-refractivity contribution is -0.122. The monoisotopic (exact) mass is 291 g/mol. The van der Waals surface area contributed by atoms with E-state index < -0.39 is 0 Å². The third kappa shape index (κ3) is 3.84. The van der Waals surface area contributed by atoms with Crippen LogP contribution in [-0.2, 0) is 11.3 Å². The molecule has 0 aliphatic heterocycles. The van der Waals surface area contributed by atoms with E-state index in [-0.39, 0.29) is 11.9 Å². The van der Waals surface area contributed by atoms with Crippen molar-refractivity contribution in [3.63, 3.8) is 0 Å². The summed E-state index contributed by atoms with van der Waals surface area (Å²) in [5.74, 6) is -0.00873. The number of aryl methyl sites for hydroxylation is 1. The fourth-order valence-electron chi connectivity index (χ4n) is 1.95. The smallest absolute Gasteiger partial charge is 0.222 e. The van der Waals surface area contributed by atoms with Crippen molar-refractivity contribution < 1.29 is 4.79 Å². The average Bonchev–Trinajstić information content (AvgIpc) is 2.84. The molecule has 0 bridgehead atoms. The Morgan fingerprint density at radius 3 is 2.80 bits per heavy atom. The van der Waals surface area contributed by atoms with Crippen LogP contribution in [0.5, 0.6) is 0 Å². The molecular weight excluding hydrogens is 274 g/mol. The topological polar surface area (TPSA) is 46.9 Å².